The van der Waals surface area contributed by atoms with Gasteiger partial charge in [0.2, 0.25) is 0 Å². The molecule has 0 bridgehead atoms. The summed E-state index contributed by atoms with van der Waals surface area (Å²) in [5.41, 5.74) is 6.74. The molecule has 0 aromatic heterocycles. The second-order valence-corrected chi connectivity index (χ2v) is 5.29. The normalized spacial score (nSPS) is 18.6. The largest absolute Gasteiger partial charge is 0.496 e. The summed E-state index contributed by atoms with van der Waals surface area (Å²) < 4.78 is 5.59. The Balaban J connectivity index is 2.02. The molecule has 0 spiro atoms. The number of hydrogen-bond donors (Lipinski definition) is 0. The fraction of sp³-hybridized carbons (Fsp3) is 0.158. The third-order valence-electron chi connectivity index (χ3n) is 4.26. The molecule has 1 heteroatoms. The van der Waals surface area contributed by atoms with E-state index in [4.69, 9.17) is 4.74 Å². The lowest BCUT2D eigenvalue weighted by atomic mass is 9.90. The van der Waals surface area contributed by atoms with Crippen LogP contribution in [0, 0.1) is 0 Å². The highest BCUT2D eigenvalue weighted by molar-refractivity contribution is 5.85. The summed E-state index contributed by atoms with van der Waals surface area (Å²) in [5.74, 6) is 1.33. The zero-order valence-corrected chi connectivity index (χ0v) is 11.5. The van der Waals surface area contributed by atoms with Crippen LogP contribution in [-0.4, -0.2) is 7.11 Å². The van der Waals surface area contributed by atoms with Crippen LogP contribution in [0.5, 0.6) is 5.75 Å². The molecule has 20 heavy (non-hydrogen) atoms. The van der Waals surface area contributed by atoms with Crippen LogP contribution >= 0.6 is 0 Å². The van der Waals surface area contributed by atoms with Crippen molar-refractivity contribution in [2.75, 3.05) is 7.11 Å². The van der Waals surface area contributed by atoms with E-state index in [1.165, 1.54) is 27.8 Å². The Kier molecular flexibility index (Phi) is 2.53. The highest BCUT2D eigenvalue weighted by atomic mass is 16.5. The zero-order valence-electron chi connectivity index (χ0n) is 11.5. The first kappa shape index (κ1) is 11.5. The van der Waals surface area contributed by atoms with Gasteiger partial charge in [-0.2, -0.15) is 0 Å². The van der Waals surface area contributed by atoms with E-state index in [-0.39, 0.29) is 0 Å². The molecule has 0 saturated carbocycles. The Labute approximate surface area is 119 Å². The van der Waals surface area contributed by atoms with Crippen LogP contribution in [-0.2, 0) is 0 Å². The van der Waals surface area contributed by atoms with Crippen molar-refractivity contribution in [2.45, 2.75) is 12.3 Å². The van der Waals surface area contributed by atoms with Crippen LogP contribution in [0.15, 0.2) is 66.3 Å². The van der Waals surface area contributed by atoms with Crippen molar-refractivity contribution in [2.24, 2.45) is 0 Å². The van der Waals surface area contributed by atoms with Gasteiger partial charge in [-0.05, 0) is 34.8 Å². The molecule has 0 saturated heterocycles. The lowest BCUT2D eigenvalue weighted by molar-refractivity contribution is 0.416. The monoisotopic (exact) mass is 260 g/mol. The van der Waals surface area contributed by atoms with Crippen molar-refractivity contribution < 1.29 is 4.74 Å². The molecule has 0 aliphatic heterocycles. The molecule has 4 rings (SSSR count). The van der Waals surface area contributed by atoms with Gasteiger partial charge in [0, 0.05) is 11.5 Å². The fourth-order valence-electron chi connectivity index (χ4n) is 3.44. The van der Waals surface area contributed by atoms with E-state index in [2.05, 4.69) is 60.7 Å². The van der Waals surface area contributed by atoms with Gasteiger partial charge in [0.05, 0.1) is 7.11 Å². The van der Waals surface area contributed by atoms with Crippen LogP contribution in [0.4, 0.5) is 0 Å². The molecule has 0 N–H and O–H groups in total. The molecule has 0 radical (unpaired) electrons. The zero-order chi connectivity index (χ0) is 13.5. The van der Waals surface area contributed by atoms with E-state index in [1.54, 1.807) is 7.11 Å². The summed E-state index contributed by atoms with van der Waals surface area (Å²) in [7, 11) is 1.75. The maximum absolute atomic E-state index is 5.59. The summed E-state index contributed by atoms with van der Waals surface area (Å²) >= 11 is 0. The SMILES string of the molecule is COc1cccc2c1-c1ccccc1C2C1=CCC=C1. The summed E-state index contributed by atoms with van der Waals surface area (Å²) in [4.78, 5) is 0. The minimum absolute atomic E-state index is 0.357. The van der Waals surface area contributed by atoms with Gasteiger partial charge in [0.1, 0.15) is 5.75 Å². The van der Waals surface area contributed by atoms with E-state index in [1.807, 2.05) is 0 Å². The molecule has 0 heterocycles. The van der Waals surface area contributed by atoms with Crippen LogP contribution in [0.3, 0.4) is 0 Å². The van der Waals surface area contributed by atoms with Crippen molar-refractivity contribution in [1.29, 1.82) is 0 Å². The minimum Gasteiger partial charge on any atom is -0.496 e. The molecule has 0 fully saturated rings. The van der Waals surface area contributed by atoms with Gasteiger partial charge in [-0.25, -0.2) is 0 Å². The minimum atomic E-state index is 0.357. The van der Waals surface area contributed by atoms with Crippen molar-refractivity contribution in [3.8, 4) is 16.9 Å². The lowest BCUT2D eigenvalue weighted by Gasteiger charge is -2.14. The lowest BCUT2D eigenvalue weighted by Crippen LogP contribution is -1.98. The Bertz CT molecular complexity index is 737. The highest BCUT2D eigenvalue weighted by Gasteiger charge is 2.32. The molecule has 98 valence electrons. The van der Waals surface area contributed by atoms with E-state index in [0.717, 1.165) is 12.2 Å². The van der Waals surface area contributed by atoms with E-state index >= 15 is 0 Å². The second-order valence-electron chi connectivity index (χ2n) is 5.29. The first-order valence-corrected chi connectivity index (χ1v) is 7.03. The Morgan fingerprint density at radius 1 is 1.00 bits per heavy atom. The predicted molar refractivity (Wildman–Crippen MR) is 82.1 cm³/mol. The smallest absolute Gasteiger partial charge is 0.127 e. The fourth-order valence-corrected chi connectivity index (χ4v) is 3.44. The number of methoxy groups -OCH3 is 1. The first-order valence-electron chi connectivity index (χ1n) is 7.03. The van der Waals surface area contributed by atoms with Crippen LogP contribution < -0.4 is 4.74 Å². The molecule has 1 unspecified atom stereocenters. The topological polar surface area (TPSA) is 9.23 Å². The van der Waals surface area contributed by atoms with Crippen LogP contribution in [0.2, 0.25) is 0 Å². The molecule has 2 aromatic rings. The van der Waals surface area contributed by atoms with Crippen molar-refractivity contribution in [3.63, 3.8) is 0 Å². The summed E-state index contributed by atoms with van der Waals surface area (Å²) in [6.45, 7) is 0. The van der Waals surface area contributed by atoms with Crippen LogP contribution in [0.1, 0.15) is 23.5 Å². The van der Waals surface area contributed by atoms with E-state index in [9.17, 15) is 0 Å². The third kappa shape index (κ3) is 1.50. The Morgan fingerprint density at radius 3 is 2.65 bits per heavy atom. The van der Waals surface area contributed by atoms with Gasteiger partial charge in [-0.3, -0.25) is 0 Å². The van der Waals surface area contributed by atoms with E-state index in [0.29, 0.717) is 5.92 Å². The number of ether oxygens (including phenoxy) is 1. The van der Waals surface area contributed by atoms with Gasteiger partial charge >= 0.3 is 0 Å². The van der Waals surface area contributed by atoms with Gasteiger partial charge in [0.15, 0.2) is 0 Å². The van der Waals surface area contributed by atoms with Crippen LogP contribution in [0.25, 0.3) is 11.1 Å². The number of allylic oxidation sites excluding steroid dienone is 4. The third-order valence-corrected chi connectivity index (χ3v) is 4.26. The molecular formula is C19H16O. The Hall–Kier alpha value is -2.28. The van der Waals surface area contributed by atoms with Gasteiger partial charge in [0.25, 0.3) is 0 Å². The number of rotatable bonds is 2. The molecule has 1 nitrogen and oxygen atoms in total. The second kappa shape index (κ2) is 4.38. The average molecular weight is 260 g/mol. The van der Waals surface area contributed by atoms with Crippen molar-refractivity contribution in [3.05, 3.63) is 77.4 Å². The van der Waals surface area contributed by atoms with Crippen molar-refractivity contribution in [1.82, 2.24) is 0 Å². The maximum Gasteiger partial charge on any atom is 0.127 e. The number of fused-ring (bicyclic) bond motifs is 3. The van der Waals surface area contributed by atoms with Gasteiger partial charge < -0.3 is 4.74 Å². The summed E-state index contributed by atoms with van der Waals surface area (Å²) in [6.07, 6.45) is 7.87. The molecule has 2 aliphatic rings. The number of benzene rings is 2. The first-order chi connectivity index (χ1) is 9.90. The molecule has 2 aliphatic carbocycles. The molecular weight excluding hydrogens is 244 g/mol. The van der Waals surface area contributed by atoms with E-state index < -0.39 is 0 Å². The quantitative estimate of drug-likeness (QED) is 0.761. The maximum atomic E-state index is 5.59. The molecule has 0 amide bonds. The number of hydrogen-bond acceptors (Lipinski definition) is 1. The highest BCUT2D eigenvalue weighted by Crippen LogP contribution is 2.52. The standard InChI is InChI=1S/C19H16O/c1-20-17-12-6-11-16-18(13-7-2-3-8-13)14-9-4-5-10-15(14)19(16)17/h2,4-12,18H,3H2,1H3. The average Bonchev–Trinajstić information content (AvgIpc) is 3.11. The van der Waals surface area contributed by atoms with Crippen molar-refractivity contribution >= 4 is 0 Å². The predicted octanol–water partition coefficient (Wildman–Crippen LogP) is 4.69. The van der Waals surface area contributed by atoms with Gasteiger partial charge in [-0.15, -0.1) is 0 Å². The van der Waals surface area contributed by atoms with Gasteiger partial charge in [-0.1, -0.05) is 54.6 Å². The summed E-state index contributed by atoms with van der Waals surface area (Å²) in [5, 5.41) is 0. The molecule has 2 aromatic carbocycles. The Morgan fingerprint density at radius 2 is 1.85 bits per heavy atom. The summed E-state index contributed by atoms with van der Waals surface area (Å²) in [6, 6.07) is 15.1. The molecule has 1 atom stereocenters.